The van der Waals surface area contributed by atoms with Gasteiger partial charge in [-0.2, -0.15) is 4.39 Å². The third-order valence-electron chi connectivity index (χ3n) is 1.98. The van der Waals surface area contributed by atoms with Crippen molar-refractivity contribution in [2.45, 2.75) is 19.3 Å². The van der Waals surface area contributed by atoms with Crippen LogP contribution in [-0.4, -0.2) is 13.0 Å². The first-order valence-corrected chi connectivity index (χ1v) is 4.66. The second-order valence-corrected chi connectivity index (χ2v) is 3.09. The highest BCUT2D eigenvalue weighted by Gasteiger charge is 1.93. The van der Waals surface area contributed by atoms with Crippen LogP contribution in [0.2, 0.25) is 0 Å². The number of benzene rings is 1. The van der Waals surface area contributed by atoms with Gasteiger partial charge in [-0.1, -0.05) is 12.1 Å². The van der Waals surface area contributed by atoms with E-state index in [0.29, 0.717) is 13.0 Å². The van der Waals surface area contributed by atoms with E-state index in [1.807, 2.05) is 0 Å². The van der Waals surface area contributed by atoms with Crippen molar-refractivity contribution in [1.29, 1.82) is 0 Å². The lowest BCUT2D eigenvalue weighted by atomic mass is 10.1. The largest absolute Gasteiger partial charge is 0.265 e. The van der Waals surface area contributed by atoms with Gasteiger partial charge in [0.2, 0.25) is 0 Å². The van der Waals surface area contributed by atoms with Gasteiger partial charge in [0.15, 0.2) is 6.47 Å². The molecule has 0 unspecified atom stereocenters. The summed E-state index contributed by atoms with van der Waals surface area (Å²) >= 11 is 0. The first-order chi connectivity index (χ1) is 6.83. The molecule has 0 saturated heterocycles. The molecule has 1 rings (SSSR count). The molecule has 0 bridgehead atoms. The molecule has 0 amide bonds. The Balaban J connectivity index is 0.00000196. The molecule has 1 aromatic carbocycles. The Labute approximate surface area is 94.6 Å². The number of nitrogens with zero attached hydrogens (tertiary/aromatic N) is 1. The van der Waals surface area contributed by atoms with E-state index in [-0.39, 0.29) is 18.2 Å². The summed E-state index contributed by atoms with van der Waals surface area (Å²) in [5.74, 6) is -0.212. The number of aliphatic imine (C=N–C) groups is 1. The van der Waals surface area contributed by atoms with E-state index in [1.165, 1.54) is 12.1 Å². The van der Waals surface area contributed by atoms with Gasteiger partial charge in [0.25, 0.3) is 0 Å². The van der Waals surface area contributed by atoms with E-state index in [0.717, 1.165) is 24.8 Å². The van der Waals surface area contributed by atoms with Crippen LogP contribution >= 0.6 is 12.4 Å². The fourth-order valence-electron chi connectivity index (χ4n) is 1.23. The average molecular weight is 234 g/mol. The van der Waals surface area contributed by atoms with Crippen molar-refractivity contribution in [3.8, 4) is 0 Å². The van der Waals surface area contributed by atoms with E-state index >= 15 is 0 Å². The minimum Gasteiger partial charge on any atom is -0.265 e. The molecule has 0 atom stereocenters. The number of halogens is 3. The van der Waals surface area contributed by atoms with Crippen molar-refractivity contribution < 1.29 is 8.78 Å². The van der Waals surface area contributed by atoms with Crippen LogP contribution in [0.25, 0.3) is 0 Å². The van der Waals surface area contributed by atoms with Gasteiger partial charge in [-0.15, -0.1) is 12.4 Å². The molecule has 15 heavy (non-hydrogen) atoms. The normalized spacial score (nSPS) is 10.3. The molecule has 0 fully saturated rings. The van der Waals surface area contributed by atoms with Gasteiger partial charge in [-0.25, -0.2) is 4.39 Å². The Morgan fingerprint density at radius 1 is 1.13 bits per heavy atom. The summed E-state index contributed by atoms with van der Waals surface area (Å²) in [6.07, 6.45) is 2.70. The summed E-state index contributed by atoms with van der Waals surface area (Å²) < 4.78 is 24.0. The molecule has 0 aromatic heterocycles. The summed E-state index contributed by atoms with van der Waals surface area (Å²) in [4.78, 5) is 3.47. The van der Waals surface area contributed by atoms with Crippen LogP contribution in [0.5, 0.6) is 0 Å². The van der Waals surface area contributed by atoms with Crippen molar-refractivity contribution >= 4 is 18.9 Å². The number of hydrogen-bond acceptors (Lipinski definition) is 1. The van der Waals surface area contributed by atoms with E-state index < -0.39 is 0 Å². The van der Waals surface area contributed by atoms with E-state index in [1.54, 1.807) is 12.1 Å². The standard InChI is InChI=1S/C11H13F2N.ClH/c12-9-14-8-2-1-3-10-4-6-11(13)7-5-10;/h4-7,9H,1-3,8H2;1H. The average Bonchev–Trinajstić information content (AvgIpc) is 2.21. The van der Waals surface area contributed by atoms with Crippen LogP contribution in [-0.2, 0) is 6.42 Å². The Morgan fingerprint density at radius 2 is 1.80 bits per heavy atom. The molecule has 0 aliphatic carbocycles. The fourth-order valence-corrected chi connectivity index (χ4v) is 1.23. The lowest BCUT2D eigenvalue weighted by Gasteiger charge is -1.99. The zero-order valence-electron chi connectivity index (χ0n) is 8.33. The molecule has 1 nitrogen and oxygen atoms in total. The highest BCUT2D eigenvalue weighted by molar-refractivity contribution is 5.85. The number of unbranched alkanes of at least 4 members (excludes halogenated alkanes) is 1. The zero-order chi connectivity index (χ0) is 10.2. The number of hydrogen-bond donors (Lipinski definition) is 0. The molecule has 0 saturated carbocycles. The summed E-state index contributed by atoms with van der Waals surface area (Å²) in [6, 6.07) is 6.45. The second-order valence-electron chi connectivity index (χ2n) is 3.09. The molecule has 0 spiro atoms. The third-order valence-corrected chi connectivity index (χ3v) is 1.98. The van der Waals surface area contributed by atoms with Crippen molar-refractivity contribution in [3.05, 3.63) is 35.6 Å². The Morgan fingerprint density at radius 3 is 2.40 bits per heavy atom. The van der Waals surface area contributed by atoms with E-state index in [9.17, 15) is 8.78 Å². The van der Waals surface area contributed by atoms with Gasteiger partial charge in [-0.3, -0.25) is 4.99 Å². The Kier molecular flexibility index (Phi) is 7.82. The number of aryl methyl sites for hydroxylation is 1. The highest BCUT2D eigenvalue weighted by Crippen LogP contribution is 2.06. The summed E-state index contributed by atoms with van der Waals surface area (Å²) in [6.45, 7) is 0.857. The molecule has 0 radical (unpaired) electrons. The minimum absolute atomic E-state index is 0. The quantitative estimate of drug-likeness (QED) is 0.545. The predicted molar refractivity (Wildman–Crippen MR) is 61.1 cm³/mol. The van der Waals surface area contributed by atoms with Crippen molar-refractivity contribution in [2.24, 2.45) is 4.99 Å². The molecule has 84 valence electrons. The lowest BCUT2D eigenvalue weighted by molar-refractivity contribution is 0.626. The first-order valence-electron chi connectivity index (χ1n) is 4.66. The zero-order valence-corrected chi connectivity index (χ0v) is 9.14. The van der Waals surface area contributed by atoms with Crippen LogP contribution in [0.1, 0.15) is 18.4 Å². The summed E-state index contributed by atoms with van der Waals surface area (Å²) in [7, 11) is 0. The maximum Gasteiger partial charge on any atom is 0.171 e. The number of rotatable bonds is 5. The van der Waals surface area contributed by atoms with Gasteiger partial charge in [0.05, 0.1) is 0 Å². The summed E-state index contributed by atoms with van der Waals surface area (Å²) in [5, 5.41) is 0. The molecule has 1 aromatic rings. The fraction of sp³-hybridized carbons (Fsp3) is 0.364. The van der Waals surface area contributed by atoms with Gasteiger partial charge in [0, 0.05) is 6.54 Å². The SMILES string of the molecule is Cl.FC=NCCCCc1ccc(F)cc1. The van der Waals surface area contributed by atoms with Crippen LogP contribution in [0.15, 0.2) is 29.3 Å². The first kappa shape index (κ1) is 14.0. The maximum atomic E-state index is 12.5. The molecular weight excluding hydrogens is 220 g/mol. The second kappa shape index (κ2) is 8.36. The predicted octanol–water partition coefficient (Wildman–Crippen LogP) is 3.57. The molecule has 0 aliphatic heterocycles. The van der Waals surface area contributed by atoms with Crippen LogP contribution < -0.4 is 0 Å². The Bertz CT molecular complexity index is 285. The monoisotopic (exact) mass is 233 g/mol. The van der Waals surface area contributed by atoms with Crippen molar-refractivity contribution in [3.63, 3.8) is 0 Å². The molecular formula is C11H14ClF2N. The minimum atomic E-state index is -0.212. The van der Waals surface area contributed by atoms with Gasteiger partial charge >= 0.3 is 0 Å². The lowest BCUT2D eigenvalue weighted by Crippen LogP contribution is -1.88. The maximum absolute atomic E-state index is 12.5. The van der Waals surface area contributed by atoms with Crippen molar-refractivity contribution in [1.82, 2.24) is 0 Å². The molecule has 0 N–H and O–H groups in total. The van der Waals surface area contributed by atoms with Gasteiger partial charge in [0.1, 0.15) is 5.82 Å². The smallest absolute Gasteiger partial charge is 0.171 e. The van der Waals surface area contributed by atoms with Gasteiger partial charge in [-0.05, 0) is 37.0 Å². The highest BCUT2D eigenvalue weighted by atomic mass is 35.5. The van der Waals surface area contributed by atoms with Crippen LogP contribution in [0.4, 0.5) is 8.78 Å². The molecule has 4 heteroatoms. The molecule has 0 heterocycles. The van der Waals surface area contributed by atoms with Gasteiger partial charge < -0.3 is 0 Å². The van der Waals surface area contributed by atoms with Crippen molar-refractivity contribution in [2.75, 3.05) is 6.54 Å². The topological polar surface area (TPSA) is 12.4 Å². The Hall–Kier alpha value is -0.960. The van der Waals surface area contributed by atoms with Crippen LogP contribution in [0, 0.1) is 5.82 Å². The van der Waals surface area contributed by atoms with E-state index in [4.69, 9.17) is 0 Å². The summed E-state index contributed by atoms with van der Waals surface area (Å²) in [5.41, 5.74) is 1.11. The van der Waals surface area contributed by atoms with Crippen LogP contribution in [0.3, 0.4) is 0 Å². The third kappa shape index (κ3) is 6.18. The molecule has 0 aliphatic rings. The van der Waals surface area contributed by atoms with E-state index in [2.05, 4.69) is 4.99 Å².